The SMILES string of the molecule is CC(NCC1CC2CCC1C2)C1CCCN(C)C1. The van der Waals surface area contributed by atoms with Gasteiger partial charge in [-0.3, -0.25) is 0 Å². The second-order valence-electron chi connectivity index (χ2n) is 7.30. The summed E-state index contributed by atoms with van der Waals surface area (Å²) < 4.78 is 0. The molecule has 3 rings (SSSR count). The number of likely N-dealkylation sites (tertiary alicyclic amines) is 1. The van der Waals surface area contributed by atoms with Crippen molar-refractivity contribution in [3.8, 4) is 0 Å². The van der Waals surface area contributed by atoms with Crippen molar-refractivity contribution in [2.24, 2.45) is 23.7 Å². The van der Waals surface area contributed by atoms with Gasteiger partial charge in [-0.05, 0) is 82.8 Å². The van der Waals surface area contributed by atoms with E-state index in [0.29, 0.717) is 6.04 Å². The minimum absolute atomic E-state index is 0.715. The van der Waals surface area contributed by atoms with Gasteiger partial charge >= 0.3 is 0 Å². The van der Waals surface area contributed by atoms with Crippen LogP contribution in [0.1, 0.15) is 45.4 Å². The molecule has 18 heavy (non-hydrogen) atoms. The molecule has 2 nitrogen and oxygen atoms in total. The van der Waals surface area contributed by atoms with Crippen LogP contribution in [0.4, 0.5) is 0 Å². The van der Waals surface area contributed by atoms with Crippen LogP contribution in [0.3, 0.4) is 0 Å². The molecule has 5 unspecified atom stereocenters. The Kier molecular flexibility index (Phi) is 3.95. The fourth-order valence-electron chi connectivity index (χ4n) is 4.74. The molecule has 2 bridgehead atoms. The van der Waals surface area contributed by atoms with Gasteiger partial charge in [-0.15, -0.1) is 0 Å². The summed E-state index contributed by atoms with van der Waals surface area (Å²) in [5, 5.41) is 3.87. The minimum Gasteiger partial charge on any atom is -0.314 e. The van der Waals surface area contributed by atoms with Crippen LogP contribution in [0.25, 0.3) is 0 Å². The first kappa shape index (κ1) is 12.9. The van der Waals surface area contributed by atoms with E-state index in [1.165, 1.54) is 51.7 Å². The van der Waals surface area contributed by atoms with Gasteiger partial charge < -0.3 is 10.2 Å². The molecule has 2 aliphatic carbocycles. The molecule has 2 heteroatoms. The first-order chi connectivity index (χ1) is 8.72. The van der Waals surface area contributed by atoms with Crippen LogP contribution in [-0.2, 0) is 0 Å². The summed E-state index contributed by atoms with van der Waals surface area (Å²) in [6.45, 7) is 6.31. The van der Waals surface area contributed by atoms with Gasteiger partial charge in [0.2, 0.25) is 0 Å². The Bertz CT molecular complexity index is 278. The third-order valence-corrected chi connectivity index (χ3v) is 5.95. The molecular formula is C16H30N2. The maximum Gasteiger partial charge on any atom is 0.00793 e. The van der Waals surface area contributed by atoms with Crippen molar-refractivity contribution in [3.63, 3.8) is 0 Å². The van der Waals surface area contributed by atoms with Crippen LogP contribution < -0.4 is 5.32 Å². The van der Waals surface area contributed by atoms with E-state index in [1.54, 1.807) is 6.42 Å². The van der Waals surface area contributed by atoms with Crippen molar-refractivity contribution in [2.75, 3.05) is 26.7 Å². The molecule has 0 spiro atoms. The van der Waals surface area contributed by atoms with Crippen LogP contribution >= 0.6 is 0 Å². The maximum atomic E-state index is 3.87. The van der Waals surface area contributed by atoms with Crippen molar-refractivity contribution in [1.82, 2.24) is 10.2 Å². The van der Waals surface area contributed by atoms with Crippen LogP contribution in [0, 0.1) is 23.7 Å². The summed E-state index contributed by atoms with van der Waals surface area (Å²) in [6.07, 6.45) is 8.94. The van der Waals surface area contributed by atoms with Crippen LogP contribution in [0.15, 0.2) is 0 Å². The van der Waals surface area contributed by atoms with Crippen molar-refractivity contribution in [3.05, 3.63) is 0 Å². The first-order valence-corrected chi connectivity index (χ1v) is 8.14. The van der Waals surface area contributed by atoms with Crippen LogP contribution in [0.5, 0.6) is 0 Å². The Hall–Kier alpha value is -0.0800. The molecule has 1 N–H and O–H groups in total. The molecule has 0 aromatic carbocycles. The molecule has 0 aromatic rings. The standard InChI is InChI=1S/C16H30N2/c1-12(15-4-3-7-18(2)11-15)17-10-16-9-13-5-6-14(16)8-13/h12-17H,3-11H2,1-2H3. The van der Waals surface area contributed by atoms with Crippen LogP contribution in [-0.4, -0.2) is 37.6 Å². The largest absolute Gasteiger partial charge is 0.314 e. The highest BCUT2D eigenvalue weighted by atomic mass is 15.1. The van der Waals surface area contributed by atoms with Gasteiger partial charge in [0.05, 0.1) is 0 Å². The zero-order valence-electron chi connectivity index (χ0n) is 12.2. The molecular weight excluding hydrogens is 220 g/mol. The quantitative estimate of drug-likeness (QED) is 0.825. The van der Waals surface area contributed by atoms with E-state index in [0.717, 1.165) is 23.7 Å². The highest BCUT2D eigenvalue weighted by Crippen LogP contribution is 2.48. The van der Waals surface area contributed by atoms with E-state index < -0.39 is 0 Å². The average Bonchev–Trinajstić information content (AvgIpc) is 2.98. The Balaban J connectivity index is 1.42. The van der Waals surface area contributed by atoms with Gasteiger partial charge in [0.25, 0.3) is 0 Å². The Morgan fingerprint density at radius 1 is 1.22 bits per heavy atom. The molecule has 3 fully saturated rings. The molecule has 1 aliphatic heterocycles. The second-order valence-corrected chi connectivity index (χ2v) is 7.30. The number of nitrogens with zero attached hydrogens (tertiary/aromatic N) is 1. The molecule has 104 valence electrons. The number of nitrogens with one attached hydrogen (secondary N) is 1. The monoisotopic (exact) mass is 250 g/mol. The van der Waals surface area contributed by atoms with E-state index in [1.807, 2.05) is 0 Å². The molecule has 1 saturated heterocycles. The van der Waals surface area contributed by atoms with Crippen molar-refractivity contribution >= 4 is 0 Å². The fraction of sp³-hybridized carbons (Fsp3) is 1.00. The zero-order valence-corrected chi connectivity index (χ0v) is 12.2. The maximum absolute atomic E-state index is 3.87. The third kappa shape index (κ3) is 2.75. The lowest BCUT2D eigenvalue weighted by molar-refractivity contribution is 0.173. The van der Waals surface area contributed by atoms with Gasteiger partial charge in [0, 0.05) is 12.6 Å². The normalized spacial score (nSPS) is 42.3. The van der Waals surface area contributed by atoms with E-state index >= 15 is 0 Å². The van der Waals surface area contributed by atoms with Gasteiger partial charge in [0.15, 0.2) is 0 Å². The molecule has 0 amide bonds. The highest BCUT2D eigenvalue weighted by molar-refractivity contribution is 4.91. The molecule has 5 atom stereocenters. The highest BCUT2D eigenvalue weighted by Gasteiger charge is 2.39. The van der Waals surface area contributed by atoms with E-state index in [-0.39, 0.29) is 0 Å². The number of hydrogen-bond acceptors (Lipinski definition) is 2. The summed E-state index contributed by atoms with van der Waals surface area (Å²) in [5.41, 5.74) is 0. The first-order valence-electron chi connectivity index (χ1n) is 8.14. The summed E-state index contributed by atoms with van der Waals surface area (Å²) in [6, 6.07) is 0.715. The molecule has 2 saturated carbocycles. The lowest BCUT2D eigenvalue weighted by atomic mass is 9.87. The van der Waals surface area contributed by atoms with Crippen LogP contribution in [0.2, 0.25) is 0 Å². The lowest BCUT2D eigenvalue weighted by Crippen LogP contribution is -2.44. The number of fused-ring (bicyclic) bond motifs is 2. The molecule has 0 aromatic heterocycles. The van der Waals surface area contributed by atoms with Gasteiger partial charge in [-0.25, -0.2) is 0 Å². The van der Waals surface area contributed by atoms with Crippen molar-refractivity contribution in [1.29, 1.82) is 0 Å². The molecule has 1 heterocycles. The summed E-state index contributed by atoms with van der Waals surface area (Å²) in [4.78, 5) is 2.50. The molecule has 3 aliphatic rings. The van der Waals surface area contributed by atoms with E-state index in [2.05, 4.69) is 24.2 Å². The van der Waals surface area contributed by atoms with Gasteiger partial charge in [-0.2, -0.15) is 0 Å². The predicted octanol–water partition coefficient (Wildman–Crippen LogP) is 2.74. The third-order valence-electron chi connectivity index (χ3n) is 5.95. The van der Waals surface area contributed by atoms with E-state index in [4.69, 9.17) is 0 Å². The Morgan fingerprint density at radius 2 is 2.11 bits per heavy atom. The van der Waals surface area contributed by atoms with Crippen molar-refractivity contribution in [2.45, 2.75) is 51.5 Å². The number of rotatable bonds is 4. The number of piperidine rings is 1. The minimum atomic E-state index is 0.715. The summed E-state index contributed by atoms with van der Waals surface area (Å²) in [7, 11) is 2.27. The average molecular weight is 250 g/mol. The second kappa shape index (κ2) is 5.50. The predicted molar refractivity (Wildman–Crippen MR) is 76.6 cm³/mol. The Labute approximate surface area is 113 Å². The fourth-order valence-corrected chi connectivity index (χ4v) is 4.74. The Morgan fingerprint density at radius 3 is 2.78 bits per heavy atom. The van der Waals surface area contributed by atoms with Gasteiger partial charge in [0.1, 0.15) is 0 Å². The van der Waals surface area contributed by atoms with E-state index in [9.17, 15) is 0 Å². The zero-order chi connectivity index (χ0) is 12.5. The molecule has 0 radical (unpaired) electrons. The van der Waals surface area contributed by atoms with Gasteiger partial charge in [-0.1, -0.05) is 6.42 Å². The summed E-state index contributed by atoms with van der Waals surface area (Å²) >= 11 is 0. The number of hydrogen-bond donors (Lipinski definition) is 1. The smallest absolute Gasteiger partial charge is 0.00793 e. The lowest BCUT2D eigenvalue weighted by Gasteiger charge is -2.35. The summed E-state index contributed by atoms with van der Waals surface area (Å²) in [5.74, 6) is 4.05. The topological polar surface area (TPSA) is 15.3 Å². The van der Waals surface area contributed by atoms with Crippen molar-refractivity contribution < 1.29 is 0 Å².